The summed E-state index contributed by atoms with van der Waals surface area (Å²) in [7, 11) is 1.20. The summed E-state index contributed by atoms with van der Waals surface area (Å²) < 4.78 is 9.94. The first-order valence-corrected chi connectivity index (χ1v) is 15.3. The van der Waals surface area contributed by atoms with Crippen LogP contribution in [0, 0.1) is 28.6 Å². The van der Waals surface area contributed by atoms with Gasteiger partial charge in [0, 0.05) is 48.9 Å². The molecule has 7 unspecified atom stereocenters. The van der Waals surface area contributed by atoms with E-state index in [0.717, 1.165) is 18.4 Å². The lowest BCUT2D eigenvalue weighted by Crippen LogP contribution is -2.61. The molecule has 1 aromatic heterocycles. The number of aromatic amines is 1. The van der Waals surface area contributed by atoms with Crippen molar-refractivity contribution in [1.29, 1.82) is 0 Å². The standard InChI is InChI=1S/C32H41N3O9/c1-30-10-8-20(36)12-18(30)4-5-21-22-9-11-32(42,31(22,2)14-24(37)28(21)30)25(38)16-44-27(40)7-6-26(39)35-23(29(41)43-3)13-19-15-33-17-34-19/h12,15,17,21-23,28,42H,4-11,13-14,16H2,1-3H3,(H,33,34)(H,35,39). The van der Waals surface area contributed by atoms with E-state index in [9.17, 15) is 33.9 Å². The minimum atomic E-state index is -1.82. The van der Waals surface area contributed by atoms with E-state index in [2.05, 4.69) is 22.2 Å². The van der Waals surface area contributed by atoms with Gasteiger partial charge in [0.2, 0.25) is 11.7 Å². The van der Waals surface area contributed by atoms with Crippen LogP contribution in [0.3, 0.4) is 0 Å². The molecule has 3 saturated carbocycles. The quantitative estimate of drug-likeness (QED) is 0.331. The van der Waals surface area contributed by atoms with Gasteiger partial charge in [-0.1, -0.05) is 19.4 Å². The smallest absolute Gasteiger partial charge is 0.328 e. The Labute approximate surface area is 255 Å². The molecule has 12 heteroatoms. The molecule has 44 heavy (non-hydrogen) atoms. The SMILES string of the molecule is COC(=O)C(Cc1cnc[nH]1)NC(=O)CCC(=O)OCC(=O)C1(O)CCC2C3CCC4=CC(=O)CCC4(C)C3C(=O)CC21C. The van der Waals surface area contributed by atoms with Crippen LogP contribution in [0.5, 0.6) is 0 Å². The maximum absolute atomic E-state index is 13.8. The van der Waals surface area contributed by atoms with Crippen molar-refractivity contribution in [1.82, 2.24) is 15.3 Å². The maximum Gasteiger partial charge on any atom is 0.328 e. The number of methoxy groups -OCH3 is 1. The number of fused-ring (bicyclic) bond motifs is 5. The molecule has 1 heterocycles. The van der Waals surface area contributed by atoms with E-state index in [-0.39, 0.29) is 66.8 Å². The number of aliphatic hydroxyl groups is 1. The van der Waals surface area contributed by atoms with Crippen LogP contribution in [0.4, 0.5) is 0 Å². The molecule has 238 valence electrons. The summed E-state index contributed by atoms with van der Waals surface area (Å²) in [6.45, 7) is 3.23. The summed E-state index contributed by atoms with van der Waals surface area (Å²) in [4.78, 5) is 83.1. The summed E-state index contributed by atoms with van der Waals surface area (Å²) in [6.07, 6.45) is 7.50. The number of allylic oxidation sites excluding steroid dienone is 1. The molecule has 12 nitrogen and oxygen atoms in total. The van der Waals surface area contributed by atoms with Gasteiger partial charge in [-0.15, -0.1) is 0 Å². The van der Waals surface area contributed by atoms with E-state index in [4.69, 9.17) is 9.47 Å². The zero-order valence-electron chi connectivity index (χ0n) is 25.5. The molecule has 0 spiro atoms. The minimum Gasteiger partial charge on any atom is -0.467 e. The molecule has 0 saturated heterocycles. The second-order valence-electron chi connectivity index (χ2n) is 13.3. The van der Waals surface area contributed by atoms with Crippen molar-refractivity contribution in [2.45, 2.75) is 89.7 Å². The molecule has 5 rings (SSSR count). The average molecular weight is 612 g/mol. The first-order chi connectivity index (χ1) is 20.8. The molecule has 4 aliphatic rings. The van der Waals surface area contributed by atoms with Gasteiger partial charge >= 0.3 is 11.9 Å². The topological polar surface area (TPSA) is 182 Å². The normalized spacial score (nSPS) is 33.3. The highest BCUT2D eigenvalue weighted by atomic mass is 16.5. The number of carbonyl (C=O) groups is 6. The van der Waals surface area contributed by atoms with E-state index >= 15 is 0 Å². The minimum absolute atomic E-state index is 0.00146. The lowest BCUT2D eigenvalue weighted by Gasteiger charge is -2.57. The number of aromatic nitrogens is 2. The predicted octanol–water partition coefficient (Wildman–Crippen LogP) is 1.94. The number of imidazole rings is 1. The zero-order chi connectivity index (χ0) is 31.9. The Morgan fingerprint density at radius 2 is 1.91 bits per heavy atom. The van der Waals surface area contributed by atoms with Gasteiger partial charge in [-0.25, -0.2) is 9.78 Å². The Hall–Kier alpha value is -3.67. The largest absolute Gasteiger partial charge is 0.467 e. The van der Waals surface area contributed by atoms with Gasteiger partial charge in [-0.2, -0.15) is 0 Å². The molecule has 3 N–H and O–H groups in total. The number of H-pyrrole nitrogens is 1. The third-order valence-electron chi connectivity index (χ3n) is 11.0. The monoisotopic (exact) mass is 611 g/mol. The Bertz CT molecular complexity index is 1390. The van der Waals surface area contributed by atoms with Crippen molar-refractivity contribution < 1.29 is 43.3 Å². The van der Waals surface area contributed by atoms with Crippen molar-refractivity contribution in [2.75, 3.05) is 13.7 Å². The number of Topliss-reactive ketones (excluding diaryl/α,β-unsaturated/α-hetero) is 2. The Balaban J connectivity index is 1.17. The maximum atomic E-state index is 13.8. The first kappa shape index (κ1) is 31.7. The fourth-order valence-electron chi connectivity index (χ4n) is 8.62. The second-order valence-corrected chi connectivity index (χ2v) is 13.3. The van der Waals surface area contributed by atoms with Crippen LogP contribution < -0.4 is 5.32 Å². The summed E-state index contributed by atoms with van der Waals surface area (Å²) in [6, 6.07) is -0.983. The number of amides is 1. The van der Waals surface area contributed by atoms with Crippen molar-refractivity contribution in [3.8, 4) is 0 Å². The van der Waals surface area contributed by atoms with Gasteiger partial charge in [0.25, 0.3) is 0 Å². The number of hydrogen-bond acceptors (Lipinski definition) is 10. The van der Waals surface area contributed by atoms with Gasteiger partial charge < -0.3 is 24.9 Å². The van der Waals surface area contributed by atoms with Crippen LogP contribution in [0.25, 0.3) is 0 Å². The van der Waals surface area contributed by atoms with Crippen molar-refractivity contribution in [2.24, 2.45) is 28.6 Å². The Morgan fingerprint density at radius 3 is 2.61 bits per heavy atom. The van der Waals surface area contributed by atoms with Crippen LogP contribution >= 0.6 is 0 Å². The number of ether oxygens (including phenoxy) is 2. The number of nitrogens with zero attached hydrogens (tertiary/aromatic N) is 1. The molecule has 3 fully saturated rings. The lowest BCUT2D eigenvalue weighted by molar-refractivity contribution is -0.173. The number of rotatable bonds is 10. The number of hydrogen-bond donors (Lipinski definition) is 3. The van der Waals surface area contributed by atoms with Gasteiger partial charge in [0.15, 0.2) is 12.4 Å². The summed E-state index contributed by atoms with van der Waals surface area (Å²) >= 11 is 0. The van der Waals surface area contributed by atoms with E-state index in [1.165, 1.54) is 19.6 Å². The molecule has 0 radical (unpaired) electrons. The van der Waals surface area contributed by atoms with Gasteiger partial charge in [0.1, 0.15) is 17.4 Å². The van der Waals surface area contributed by atoms with Gasteiger partial charge in [-0.05, 0) is 55.4 Å². The van der Waals surface area contributed by atoms with Crippen LogP contribution in [-0.2, 0) is 44.7 Å². The Morgan fingerprint density at radius 1 is 1.14 bits per heavy atom. The summed E-state index contributed by atoms with van der Waals surface area (Å²) in [5.41, 5.74) is -1.53. The molecule has 0 aliphatic heterocycles. The fourth-order valence-corrected chi connectivity index (χ4v) is 8.62. The van der Waals surface area contributed by atoms with Gasteiger partial charge in [0.05, 0.1) is 19.9 Å². The molecule has 7 atom stereocenters. The van der Waals surface area contributed by atoms with E-state index < -0.39 is 47.3 Å². The highest BCUT2D eigenvalue weighted by Gasteiger charge is 2.68. The fraction of sp³-hybridized carbons (Fsp3) is 0.656. The predicted molar refractivity (Wildman–Crippen MR) is 153 cm³/mol. The summed E-state index contributed by atoms with van der Waals surface area (Å²) in [5.74, 6) is -2.85. The van der Waals surface area contributed by atoms with Gasteiger partial charge in [-0.3, -0.25) is 24.0 Å². The number of esters is 2. The molecule has 1 aromatic rings. The van der Waals surface area contributed by atoms with Crippen LogP contribution in [0.15, 0.2) is 24.2 Å². The third-order valence-corrected chi connectivity index (χ3v) is 11.0. The molecular weight excluding hydrogens is 570 g/mol. The van der Waals surface area contributed by atoms with Crippen molar-refractivity contribution >= 4 is 35.2 Å². The molecule has 4 aliphatic carbocycles. The first-order valence-electron chi connectivity index (χ1n) is 15.3. The molecular formula is C32H41N3O9. The molecule has 1 amide bonds. The number of nitrogens with one attached hydrogen (secondary N) is 2. The van der Waals surface area contributed by atoms with Crippen molar-refractivity contribution in [3.05, 3.63) is 29.9 Å². The van der Waals surface area contributed by atoms with Crippen LogP contribution in [0.2, 0.25) is 0 Å². The molecule has 0 bridgehead atoms. The highest BCUT2D eigenvalue weighted by molar-refractivity contribution is 5.95. The van der Waals surface area contributed by atoms with Crippen LogP contribution in [0.1, 0.15) is 77.3 Å². The second kappa shape index (κ2) is 12.0. The van der Waals surface area contributed by atoms with Crippen LogP contribution in [-0.4, -0.2) is 75.6 Å². The number of carbonyl (C=O) groups excluding carboxylic acids is 6. The average Bonchev–Trinajstić information content (AvgIpc) is 3.60. The Kier molecular flexibility index (Phi) is 8.67. The zero-order valence-corrected chi connectivity index (χ0v) is 25.5. The van der Waals surface area contributed by atoms with E-state index in [1.54, 1.807) is 6.08 Å². The number of ketones is 3. The molecule has 0 aromatic carbocycles. The third kappa shape index (κ3) is 5.52. The summed E-state index contributed by atoms with van der Waals surface area (Å²) in [5, 5.41) is 14.3. The highest BCUT2D eigenvalue weighted by Crippen LogP contribution is 2.66. The van der Waals surface area contributed by atoms with Crippen molar-refractivity contribution in [3.63, 3.8) is 0 Å². The lowest BCUT2D eigenvalue weighted by atomic mass is 9.46. The van der Waals surface area contributed by atoms with E-state index in [1.807, 2.05) is 6.92 Å². The van der Waals surface area contributed by atoms with E-state index in [0.29, 0.717) is 25.0 Å².